The number of hydrogen-bond acceptors (Lipinski definition) is 0. The minimum absolute atomic E-state index is 0.283. The normalized spacial score (nSPS) is 39.7. The molecule has 2 saturated carbocycles. The van der Waals surface area contributed by atoms with E-state index in [1.807, 2.05) is 0 Å². The second-order valence-electron chi connectivity index (χ2n) is 7.79. The predicted molar refractivity (Wildman–Crippen MR) is 87.1 cm³/mol. The average molecular weight is 325 g/mol. The lowest BCUT2D eigenvalue weighted by Crippen LogP contribution is -2.32. The molecule has 0 aromatic carbocycles. The van der Waals surface area contributed by atoms with Crippen LogP contribution in [0.3, 0.4) is 0 Å². The van der Waals surface area contributed by atoms with Gasteiger partial charge in [0.1, 0.15) is 0 Å². The second-order valence-corrected chi connectivity index (χ2v) is 9.60. The smallest absolute Gasteiger partial charge is 0.0260 e. The lowest BCUT2D eigenvalue weighted by Gasteiger charge is -2.35. The Kier molecular flexibility index (Phi) is 3.90. The molecule has 0 nitrogen and oxygen atoms in total. The molecule has 0 aromatic heterocycles. The summed E-state index contributed by atoms with van der Waals surface area (Å²) in [6.07, 6.45) is 8.37. The first-order chi connectivity index (χ1) is 8.68. The van der Waals surface area contributed by atoms with Crippen LogP contribution in [-0.4, -0.2) is 4.32 Å². The molecule has 0 N–H and O–H groups in total. The van der Waals surface area contributed by atoms with Crippen LogP contribution in [0.2, 0.25) is 0 Å². The molecule has 1 heteroatoms. The molecule has 0 aromatic rings. The van der Waals surface area contributed by atoms with Gasteiger partial charge in [-0.25, -0.2) is 0 Å². The number of fused-ring (bicyclic) bond motifs is 1. The summed E-state index contributed by atoms with van der Waals surface area (Å²) in [4.78, 5) is 0. The number of rotatable bonds is 6. The van der Waals surface area contributed by atoms with Crippen LogP contribution in [-0.2, 0) is 0 Å². The van der Waals surface area contributed by atoms with E-state index in [4.69, 9.17) is 6.42 Å². The topological polar surface area (TPSA) is 0 Å². The summed E-state index contributed by atoms with van der Waals surface area (Å²) in [6.45, 7) is 14.0. The Morgan fingerprint density at radius 1 is 1.32 bits per heavy atom. The van der Waals surface area contributed by atoms with Gasteiger partial charge in [-0.3, -0.25) is 0 Å². The largest absolute Gasteiger partial charge is 0.120 e. The summed E-state index contributed by atoms with van der Waals surface area (Å²) in [6, 6.07) is 0. The third-order valence-corrected chi connectivity index (χ3v) is 7.65. The fraction of sp³-hybridized carbons (Fsp3) is 0.889. The zero-order valence-electron chi connectivity index (χ0n) is 13.3. The highest BCUT2D eigenvalue weighted by Crippen LogP contribution is 2.85. The van der Waals surface area contributed by atoms with Gasteiger partial charge in [0.25, 0.3) is 0 Å². The highest BCUT2D eigenvalue weighted by Gasteiger charge is 2.80. The van der Waals surface area contributed by atoms with Gasteiger partial charge in [-0.2, -0.15) is 0 Å². The number of terminal acetylenes is 1. The van der Waals surface area contributed by atoms with Crippen molar-refractivity contribution in [1.29, 1.82) is 0 Å². The van der Waals surface area contributed by atoms with Crippen molar-refractivity contribution in [2.75, 3.05) is 0 Å². The van der Waals surface area contributed by atoms with E-state index in [9.17, 15) is 0 Å². The molecule has 5 unspecified atom stereocenters. The van der Waals surface area contributed by atoms with E-state index in [0.717, 1.165) is 17.8 Å². The maximum absolute atomic E-state index is 5.62. The van der Waals surface area contributed by atoms with Crippen molar-refractivity contribution in [3.05, 3.63) is 0 Å². The third-order valence-electron chi connectivity index (χ3n) is 6.60. The van der Waals surface area contributed by atoms with Crippen molar-refractivity contribution in [3.63, 3.8) is 0 Å². The molecule has 2 rings (SSSR count). The molecule has 19 heavy (non-hydrogen) atoms. The maximum atomic E-state index is 5.62. The van der Waals surface area contributed by atoms with Crippen molar-refractivity contribution in [2.45, 2.75) is 58.7 Å². The average Bonchev–Trinajstić information content (AvgIpc) is 3.21. The zero-order chi connectivity index (χ0) is 14.6. The van der Waals surface area contributed by atoms with E-state index in [0.29, 0.717) is 23.2 Å². The highest BCUT2D eigenvalue weighted by molar-refractivity contribution is 9.10. The Labute approximate surface area is 128 Å². The van der Waals surface area contributed by atoms with Crippen LogP contribution in [0.15, 0.2) is 0 Å². The lowest BCUT2D eigenvalue weighted by molar-refractivity contribution is 0.247. The molecule has 0 radical (unpaired) electrons. The summed E-state index contributed by atoms with van der Waals surface area (Å²) in [5, 5.41) is 0. The summed E-state index contributed by atoms with van der Waals surface area (Å²) in [5.41, 5.74) is 0.623. The van der Waals surface area contributed by atoms with Crippen LogP contribution in [0.5, 0.6) is 0 Å². The minimum Gasteiger partial charge on any atom is -0.120 e. The molecule has 0 aliphatic heterocycles. The summed E-state index contributed by atoms with van der Waals surface area (Å²) in [5.74, 6) is 7.43. The Morgan fingerprint density at radius 2 is 1.89 bits per heavy atom. The molecule has 2 fully saturated rings. The molecular formula is C18H29Br. The summed E-state index contributed by atoms with van der Waals surface area (Å²) >= 11 is 4.02. The molecule has 0 spiro atoms. The predicted octanol–water partition coefficient (Wildman–Crippen LogP) is 5.36. The van der Waals surface area contributed by atoms with Gasteiger partial charge in [0.05, 0.1) is 0 Å². The van der Waals surface area contributed by atoms with E-state index >= 15 is 0 Å². The zero-order valence-corrected chi connectivity index (χ0v) is 14.9. The van der Waals surface area contributed by atoms with Gasteiger partial charge >= 0.3 is 0 Å². The molecule has 7 atom stereocenters. The van der Waals surface area contributed by atoms with Gasteiger partial charge in [-0.15, -0.1) is 12.3 Å². The molecular weight excluding hydrogens is 296 g/mol. The molecule has 0 bridgehead atoms. The second kappa shape index (κ2) is 4.80. The van der Waals surface area contributed by atoms with E-state index < -0.39 is 0 Å². The SMILES string of the molecule is C#CC(C)C(C)[C@@]12CC1C2CC(C)(Br)[C@@H](C)C(C)C. The van der Waals surface area contributed by atoms with E-state index in [-0.39, 0.29) is 4.32 Å². The van der Waals surface area contributed by atoms with Gasteiger partial charge < -0.3 is 0 Å². The van der Waals surface area contributed by atoms with Crippen LogP contribution in [0.25, 0.3) is 0 Å². The maximum Gasteiger partial charge on any atom is 0.0260 e. The number of halogens is 1. The third kappa shape index (κ3) is 2.39. The van der Waals surface area contributed by atoms with E-state index in [1.165, 1.54) is 12.8 Å². The first kappa shape index (κ1) is 15.4. The van der Waals surface area contributed by atoms with Crippen LogP contribution in [0.4, 0.5) is 0 Å². The lowest BCUT2D eigenvalue weighted by atomic mass is 9.77. The van der Waals surface area contributed by atoms with Crippen molar-refractivity contribution >= 4 is 15.9 Å². The first-order valence-corrected chi connectivity index (χ1v) is 8.62. The minimum atomic E-state index is 0.283. The fourth-order valence-corrected chi connectivity index (χ4v) is 5.08. The van der Waals surface area contributed by atoms with Crippen LogP contribution >= 0.6 is 15.9 Å². The number of alkyl halides is 1. The molecule has 0 heterocycles. The number of hydrogen-bond donors (Lipinski definition) is 0. The van der Waals surface area contributed by atoms with Gasteiger partial charge in [0, 0.05) is 10.2 Å². The van der Waals surface area contributed by atoms with E-state index in [2.05, 4.69) is 63.4 Å². The van der Waals surface area contributed by atoms with E-state index in [1.54, 1.807) is 0 Å². The van der Waals surface area contributed by atoms with Gasteiger partial charge in [0.2, 0.25) is 0 Å². The van der Waals surface area contributed by atoms with Crippen LogP contribution < -0.4 is 0 Å². The molecule has 0 saturated heterocycles. The quantitative estimate of drug-likeness (QED) is 0.455. The molecule has 2 aliphatic rings. The molecule has 0 amide bonds. The fourth-order valence-electron chi connectivity index (χ4n) is 4.20. The van der Waals surface area contributed by atoms with Gasteiger partial charge in [-0.1, -0.05) is 50.5 Å². The molecule has 2 aliphatic carbocycles. The summed E-state index contributed by atoms with van der Waals surface area (Å²) < 4.78 is 0.283. The highest BCUT2D eigenvalue weighted by atomic mass is 79.9. The molecule has 108 valence electrons. The van der Waals surface area contributed by atoms with Crippen LogP contribution in [0, 0.1) is 53.3 Å². The van der Waals surface area contributed by atoms with Crippen molar-refractivity contribution < 1.29 is 0 Å². The first-order valence-electron chi connectivity index (χ1n) is 7.83. The van der Waals surface area contributed by atoms with Gasteiger partial charge in [0.15, 0.2) is 0 Å². The summed E-state index contributed by atoms with van der Waals surface area (Å²) in [7, 11) is 0. The Balaban J connectivity index is 1.96. The van der Waals surface area contributed by atoms with Crippen LogP contribution in [0.1, 0.15) is 54.4 Å². The Bertz CT molecular complexity index is 389. The van der Waals surface area contributed by atoms with Gasteiger partial charge in [-0.05, 0) is 54.8 Å². The Morgan fingerprint density at radius 3 is 2.32 bits per heavy atom. The monoisotopic (exact) mass is 324 g/mol. The Hall–Kier alpha value is 0.0400. The van der Waals surface area contributed by atoms with Crippen molar-refractivity contribution in [2.24, 2.45) is 40.9 Å². The standard InChI is InChI=1S/C18H29Br/c1-8-12(4)14(6)18-10-16(18)15(18)9-17(7,19)13(5)11(2)3/h1,11-16H,9-10H2,2-7H3/t12?,13-,14?,15?,16?,17?,18+/m0/s1. The van der Waals surface area contributed by atoms with Crippen molar-refractivity contribution in [1.82, 2.24) is 0 Å². The van der Waals surface area contributed by atoms with Crippen molar-refractivity contribution in [3.8, 4) is 12.3 Å².